The van der Waals surface area contributed by atoms with Crippen molar-refractivity contribution in [3.8, 4) is 0 Å². The average Bonchev–Trinajstić information content (AvgIpc) is 2.57. The summed E-state index contributed by atoms with van der Waals surface area (Å²) in [4.78, 5) is 20.9. The Labute approximate surface area is 158 Å². The maximum absolute atomic E-state index is 12.6. The molecule has 0 saturated carbocycles. The molecule has 1 amide bonds. The number of aromatic nitrogens is 1. The van der Waals surface area contributed by atoms with E-state index in [1.165, 1.54) is 0 Å². The molecule has 0 N–H and O–H groups in total. The van der Waals surface area contributed by atoms with Crippen LogP contribution in [-0.2, 0) is 0 Å². The van der Waals surface area contributed by atoms with E-state index in [0.717, 1.165) is 22.5 Å². The first-order chi connectivity index (χ1) is 11.0. The van der Waals surface area contributed by atoms with Crippen LogP contribution in [0.2, 0.25) is 10.0 Å². The first-order valence-electron chi connectivity index (χ1n) is 7.15. The predicted octanol–water partition coefficient (Wildman–Crippen LogP) is 3.96. The van der Waals surface area contributed by atoms with Gasteiger partial charge in [-0.2, -0.15) is 0 Å². The largest absolute Gasteiger partial charge is 0.353 e. The van der Waals surface area contributed by atoms with Gasteiger partial charge in [-0.3, -0.25) is 4.79 Å². The van der Waals surface area contributed by atoms with E-state index in [9.17, 15) is 4.79 Å². The maximum Gasteiger partial charge on any atom is 0.254 e. The van der Waals surface area contributed by atoms with Crippen molar-refractivity contribution in [3.63, 3.8) is 0 Å². The van der Waals surface area contributed by atoms with Crippen LogP contribution in [-0.4, -0.2) is 42.0 Å². The van der Waals surface area contributed by atoms with Gasteiger partial charge in [-0.1, -0.05) is 23.2 Å². The van der Waals surface area contributed by atoms with E-state index in [1.54, 1.807) is 18.3 Å². The molecule has 0 spiro atoms. The third kappa shape index (κ3) is 3.89. The van der Waals surface area contributed by atoms with Crippen molar-refractivity contribution >= 4 is 57.5 Å². The number of rotatable bonds is 2. The van der Waals surface area contributed by atoms with Gasteiger partial charge in [0, 0.05) is 41.5 Å². The zero-order valence-electron chi connectivity index (χ0n) is 12.2. The highest BCUT2D eigenvalue weighted by molar-refractivity contribution is 14.1. The number of anilines is 1. The van der Waals surface area contributed by atoms with Gasteiger partial charge in [0.15, 0.2) is 0 Å². The third-order valence-corrected chi connectivity index (χ3v) is 5.53. The van der Waals surface area contributed by atoms with Crippen molar-refractivity contribution in [1.82, 2.24) is 9.88 Å². The van der Waals surface area contributed by atoms with E-state index in [0.29, 0.717) is 28.7 Å². The van der Waals surface area contributed by atoms with Gasteiger partial charge in [0.2, 0.25) is 0 Å². The first kappa shape index (κ1) is 16.8. The van der Waals surface area contributed by atoms with Crippen LogP contribution in [0.5, 0.6) is 0 Å². The van der Waals surface area contributed by atoms with Crippen LogP contribution in [0.15, 0.2) is 36.5 Å². The molecule has 1 aromatic heterocycles. The van der Waals surface area contributed by atoms with E-state index in [-0.39, 0.29) is 5.91 Å². The number of nitrogens with zero attached hydrogens (tertiary/aromatic N) is 3. The number of hydrogen-bond acceptors (Lipinski definition) is 3. The molecule has 0 bridgehead atoms. The topological polar surface area (TPSA) is 36.4 Å². The number of piperazine rings is 1. The Balaban J connectivity index is 1.65. The van der Waals surface area contributed by atoms with Gasteiger partial charge < -0.3 is 9.80 Å². The van der Waals surface area contributed by atoms with Crippen LogP contribution in [0.1, 0.15) is 10.4 Å². The van der Waals surface area contributed by atoms with Crippen molar-refractivity contribution in [2.24, 2.45) is 0 Å². The Kier molecular flexibility index (Phi) is 5.28. The molecule has 3 rings (SSSR count). The molecule has 0 atom stereocenters. The van der Waals surface area contributed by atoms with Gasteiger partial charge in [-0.05, 0) is 52.9 Å². The first-order valence-corrected chi connectivity index (χ1v) is 8.99. The Bertz CT molecular complexity index is 716. The van der Waals surface area contributed by atoms with E-state index < -0.39 is 0 Å². The number of hydrogen-bond donors (Lipinski definition) is 0. The predicted molar refractivity (Wildman–Crippen MR) is 102 cm³/mol. The molecule has 4 nitrogen and oxygen atoms in total. The molecule has 120 valence electrons. The smallest absolute Gasteiger partial charge is 0.254 e. The Morgan fingerprint density at radius 3 is 2.43 bits per heavy atom. The average molecular weight is 462 g/mol. The van der Waals surface area contributed by atoms with E-state index in [2.05, 4.69) is 32.5 Å². The molecular formula is C16H14Cl2IN3O. The maximum atomic E-state index is 12.6. The van der Waals surface area contributed by atoms with Crippen molar-refractivity contribution in [2.75, 3.05) is 31.1 Å². The van der Waals surface area contributed by atoms with Crippen LogP contribution in [0, 0.1) is 3.57 Å². The van der Waals surface area contributed by atoms with Crippen molar-refractivity contribution in [1.29, 1.82) is 0 Å². The van der Waals surface area contributed by atoms with Crippen LogP contribution >= 0.6 is 45.8 Å². The number of pyridine rings is 1. The van der Waals surface area contributed by atoms with Crippen molar-refractivity contribution in [2.45, 2.75) is 0 Å². The summed E-state index contributed by atoms with van der Waals surface area (Å²) in [5.41, 5.74) is 0.678. The fraction of sp³-hybridized carbons (Fsp3) is 0.250. The molecule has 0 aliphatic carbocycles. The summed E-state index contributed by atoms with van der Waals surface area (Å²) >= 11 is 14.0. The van der Waals surface area contributed by atoms with Gasteiger partial charge in [-0.25, -0.2) is 4.98 Å². The zero-order chi connectivity index (χ0) is 16.4. The molecular weight excluding hydrogens is 448 g/mol. The van der Waals surface area contributed by atoms with Gasteiger partial charge in [0.1, 0.15) is 5.82 Å². The molecule has 23 heavy (non-hydrogen) atoms. The Morgan fingerprint density at radius 2 is 1.83 bits per heavy atom. The van der Waals surface area contributed by atoms with Crippen molar-refractivity contribution in [3.05, 3.63) is 55.7 Å². The molecule has 2 heterocycles. The van der Waals surface area contributed by atoms with Crippen LogP contribution in [0.3, 0.4) is 0 Å². The molecule has 1 aliphatic heterocycles. The summed E-state index contributed by atoms with van der Waals surface area (Å²) in [6, 6.07) is 9.11. The second kappa shape index (κ2) is 7.23. The summed E-state index contributed by atoms with van der Waals surface area (Å²) in [7, 11) is 0. The van der Waals surface area contributed by atoms with Crippen LogP contribution in [0.4, 0.5) is 5.82 Å². The molecule has 1 fully saturated rings. The monoisotopic (exact) mass is 461 g/mol. The minimum absolute atomic E-state index is 0.0447. The standard InChI is InChI=1S/C16H14Cl2IN3O/c17-12-2-4-15(20-10-12)21-5-7-22(8-6-21)16(23)11-1-3-13(18)14(19)9-11/h1-4,9-10H,5-8H2. The molecule has 0 radical (unpaired) electrons. The summed E-state index contributed by atoms with van der Waals surface area (Å²) in [6.45, 7) is 2.85. The summed E-state index contributed by atoms with van der Waals surface area (Å²) in [6.07, 6.45) is 1.64. The summed E-state index contributed by atoms with van der Waals surface area (Å²) < 4.78 is 0.888. The van der Waals surface area contributed by atoms with E-state index in [4.69, 9.17) is 23.2 Å². The molecule has 7 heteroatoms. The van der Waals surface area contributed by atoms with Crippen LogP contribution in [0.25, 0.3) is 0 Å². The SMILES string of the molecule is O=C(c1ccc(Cl)c(I)c1)N1CCN(c2ccc(Cl)cn2)CC1. The number of benzene rings is 1. The minimum atomic E-state index is 0.0447. The summed E-state index contributed by atoms with van der Waals surface area (Å²) in [5, 5.41) is 1.29. The van der Waals surface area contributed by atoms with Gasteiger partial charge >= 0.3 is 0 Å². The lowest BCUT2D eigenvalue weighted by atomic mass is 10.2. The fourth-order valence-electron chi connectivity index (χ4n) is 2.51. The second-order valence-electron chi connectivity index (χ2n) is 5.24. The highest BCUT2D eigenvalue weighted by Gasteiger charge is 2.23. The number of carbonyl (C=O) groups excluding carboxylic acids is 1. The number of carbonyl (C=O) groups is 1. The van der Waals surface area contributed by atoms with E-state index >= 15 is 0 Å². The molecule has 1 aliphatic rings. The summed E-state index contributed by atoms with van der Waals surface area (Å²) in [5.74, 6) is 0.936. The zero-order valence-corrected chi connectivity index (χ0v) is 15.8. The third-order valence-electron chi connectivity index (χ3n) is 3.77. The molecule has 1 aromatic carbocycles. The molecule has 2 aromatic rings. The lowest BCUT2D eigenvalue weighted by Crippen LogP contribution is -2.49. The van der Waals surface area contributed by atoms with Gasteiger partial charge in [0.25, 0.3) is 5.91 Å². The van der Waals surface area contributed by atoms with E-state index in [1.807, 2.05) is 23.1 Å². The fourth-order valence-corrected chi connectivity index (χ4v) is 3.25. The Morgan fingerprint density at radius 1 is 1.09 bits per heavy atom. The van der Waals surface area contributed by atoms with Gasteiger partial charge in [0.05, 0.1) is 10.0 Å². The molecule has 1 saturated heterocycles. The lowest BCUT2D eigenvalue weighted by Gasteiger charge is -2.35. The van der Waals surface area contributed by atoms with Crippen LogP contribution < -0.4 is 4.90 Å². The lowest BCUT2D eigenvalue weighted by molar-refractivity contribution is 0.0746. The second-order valence-corrected chi connectivity index (χ2v) is 7.25. The normalized spacial score (nSPS) is 14.9. The molecule has 0 unspecified atom stereocenters. The number of halogens is 3. The number of amides is 1. The quantitative estimate of drug-likeness (QED) is 0.635. The highest BCUT2D eigenvalue weighted by Crippen LogP contribution is 2.21. The highest BCUT2D eigenvalue weighted by atomic mass is 127. The minimum Gasteiger partial charge on any atom is -0.353 e. The van der Waals surface area contributed by atoms with Crippen molar-refractivity contribution < 1.29 is 4.79 Å². The Hall–Kier alpha value is -1.05. The van der Waals surface area contributed by atoms with Gasteiger partial charge in [-0.15, -0.1) is 0 Å².